The van der Waals surface area contributed by atoms with E-state index in [0.717, 1.165) is 38.8 Å². The van der Waals surface area contributed by atoms with Gasteiger partial charge in [-0.3, -0.25) is 9.89 Å². The Bertz CT molecular complexity index is 740. The molecule has 1 atom stereocenters. The Morgan fingerprint density at radius 2 is 1.97 bits per heavy atom. The third-order valence-corrected chi connectivity index (χ3v) is 7.07. The lowest BCUT2D eigenvalue weighted by molar-refractivity contribution is 0.0220. The number of sulfonamides is 1. The molecule has 2 aliphatic heterocycles. The van der Waals surface area contributed by atoms with E-state index in [9.17, 15) is 8.42 Å². The van der Waals surface area contributed by atoms with Crippen LogP contribution >= 0.6 is 0 Å². The number of aliphatic imine (C=N–C) groups is 1. The number of rotatable bonds is 7. The summed E-state index contributed by atoms with van der Waals surface area (Å²) in [5.74, 6) is 0.718. The number of morpholine rings is 1. The molecule has 11 heteroatoms. The summed E-state index contributed by atoms with van der Waals surface area (Å²) in [5, 5.41) is 7.05. The van der Waals surface area contributed by atoms with E-state index in [1.807, 2.05) is 6.92 Å². The average Bonchev–Trinajstić information content (AvgIpc) is 3.24. The maximum Gasteiger partial charge on any atom is 0.220 e. The van der Waals surface area contributed by atoms with Crippen molar-refractivity contribution in [2.24, 2.45) is 4.99 Å². The van der Waals surface area contributed by atoms with E-state index in [-0.39, 0.29) is 5.75 Å². The van der Waals surface area contributed by atoms with Crippen molar-refractivity contribution in [2.45, 2.75) is 25.6 Å². The molecule has 0 radical (unpaired) electrons. The molecule has 1 unspecified atom stereocenters. The van der Waals surface area contributed by atoms with Gasteiger partial charge in [0.25, 0.3) is 0 Å². The fraction of sp³-hybridized carbons (Fsp3) is 0.778. The maximum atomic E-state index is 12.6. The number of piperazine rings is 1. The predicted molar refractivity (Wildman–Crippen MR) is 110 cm³/mol. The molecule has 10 nitrogen and oxygen atoms in total. The Hall–Kier alpha value is -1.69. The third-order valence-electron chi connectivity index (χ3n) is 5.26. The third kappa shape index (κ3) is 6.14. The van der Waals surface area contributed by atoms with Crippen molar-refractivity contribution in [3.05, 3.63) is 18.0 Å². The summed E-state index contributed by atoms with van der Waals surface area (Å²) in [5.41, 5.74) is 0.430. The number of aromatic nitrogens is 1. The summed E-state index contributed by atoms with van der Waals surface area (Å²) in [4.78, 5) is 9.35. The minimum Gasteiger partial charge on any atom is -0.379 e. The average molecular weight is 429 g/mol. The van der Waals surface area contributed by atoms with Gasteiger partial charge in [0.1, 0.15) is 12.0 Å². The Labute approximate surface area is 172 Å². The quantitative estimate of drug-likeness (QED) is 0.471. The van der Waals surface area contributed by atoms with Gasteiger partial charge < -0.3 is 19.5 Å². The molecule has 0 saturated carbocycles. The second kappa shape index (κ2) is 10.4. The SMILES string of the molecule is CCNC(=NCC(C)N1CCOCC1)N1CCN(S(=O)(=O)Cc2ccon2)CC1. The number of hydrogen-bond acceptors (Lipinski definition) is 7. The number of guanidine groups is 1. The van der Waals surface area contributed by atoms with Crippen LogP contribution in [0.5, 0.6) is 0 Å². The molecule has 3 heterocycles. The van der Waals surface area contributed by atoms with E-state index >= 15 is 0 Å². The summed E-state index contributed by atoms with van der Waals surface area (Å²) in [6, 6.07) is 1.93. The van der Waals surface area contributed by atoms with Crippen molar-refractivity contribution in [1.82, 2.24) is 24.6 Å². The fourth-order valence-corrected chi connectivity index (χ4v) is 4.97. The lowest BCUT2D eigenvalue weighted by Crippen LogP contribution is -2.54. The molecule has 0 amide bonds. The first kappa shape index (κ1) is 22.0. The first-order valence-corrected chi connectivity index (χ1v) is 11.8. The van der Waals surface area contributed by atoms with Gasteiger partial charge >= 0.3 is 0 Å². The van der Waals surface area contributed by atoms with Gasteiger partial charge in [0.15, 0.2) is 5.96 Å². The van der Waals surface area contributed by atoms with Gasteiger partial charge in [0, 0.05) is 57.9 Å². The van der Waals surface area contributed by atoms with Crippen LogP contribution in [-0.2, 0) is 20.5 Å². The Balaban J connectivity index is 1.54. The summed E-state index contributed by atoms with van der Waals surface area (Å²) < 4.78 is 36.9. The summed E-state index contributed by atoms with van der Waals surface area (Å²) >= 11 is 0. The van der Waals surface area contributed by atoms with E-state index in [4.69, 9.17) is 14.3 Å². The zero-order valence-electron chi connectivity index (χ0n) is 17.3. The van der Waals surface area contributed by atoms with Gasteiger partial charge in [0.2, 0.25) is 10.0 Å². The Kier molecular flexibility index (Phi) is 7.87. The molecule has 0 spiro atoms. The van der Waals surface area contributed by atoms with Crippen molar-refractivity contribution in [2.75, 3.05) is 65.6 Å². The Morgan fingerprint density at radius 3 is 2.59 bits per heavy atom. The van der Waals surface area contributed by atoms with Crippen LogP contribution in [0.4, 0.5) is 0 Å². The minimum absolute atomic E-state index is 0.130. The van der Waals surface area contributed by atoms with Crippen LogP contribution in [-0.4, -0.2) is 105 Å². The number of hydrogen-bond donors (Lipinski definition) is 1. The Morgan fingerprint density at radius 1 is 1.24 bits per heavy atom. The van der Waals surface area contributed by atoms with Crippen molar-refractivity contribution in [3.8, 4) is 0 Å². The van der Waals surface area contributed by atoms with Gasteiger partial charge in [-0.05, 0) is 13.8 Å². The van der Waals surface area contributed by atoms with Gasteiger partial charge in [-0.25, -0.2) is 8.42 Å². The molecule has 0 aromatic carbocycles. The van der Waals surface area contributed by atoms with Crippen molar-refractivity contribution in [1.29, 1.82) is 0 Å². The monoisotopic (exact) mass is 428 g/mol. The molecule has 2 fully saturated rings. The lowest BCUT2D eigenvalue weighted by atomic mass is 10.2. The van der Waals surface area contributed by atoms with Gasteiger partial charge in [-0.15, -0.1) is 0 Å². The van der Waals surface area contributed by atoms with Crippen LogP contribution in [0.25, 0.3) is 0 Å². The van der Waals surface area contributed by atoms with Crippen LogP contribution in [0, 0.1) is 0 Å². The highest BCUT2D eigenvalue weighted by molar-refractivity contribution is 7.88. The zero-order valence-corrected chi connectivity index (χ0v) is 18.1. The van der Waals surface area contributed by atoms with Gasteiger partial charge in [0.05, 0.1) is 25.5 Å². The molecule has 3 rings (SSSR count). The fourth-order valence-electron chi connectivity index (χ4n) is 3.55. The largest absolute Gasteiger partial charge is 0.379 e. The summed E-state index contributed by atoms with van der Waals surface area (Å²) in [6.07, 6.45) is 1.39. The maximum absolute atomic E-state index is 12.6. The number of nitrogens with zero attached hydrogens (tertiary/aromatic N) is 5. The second-order valence-corrected chi connectivity index (χ2v) is 9.29. The van der Waals surface area contributed by atoms with E-state index in [1.54, 1.807) is 6.07 Å². The molecule has 2 aliphatic rings. The lowest BCUT2D eigenvalue weighted by Gasteiger charge is -2.36. The molecular formula is C18H32N6O4S. The minimum atomic E-state index is -3.40. The van der Waals surface area contributed by atoms with E-state index in [0.29, 0.717) is 44.5 Å². The van der Waals surface area contributed by atoms with Crippen LogP contribution < -0.4 is 5.32 Å². The number of ether oxygens (including phenoxy) is 1. The van der Waals surface area contributed by atoms with Gasteiger partial charge in [-0.1, -0.05) is 5.16 Å². The van der Waals surface area contributed by atoms with Crippen LogP contribution in [0.1, 0.15) is 19.5 Å². The first-order chi connectivity index (χ1) is 14.0. The highest BCUT2D eigenvalue weighted by Gasteiger charge is 2.29. The van der Waals surface area contributed by atoms with Crippen LogP contribution in [0.3, 0.4) is 0 Å². The van der Waals surface area contributed by atoms with Crippen LogP contribution in [0.2, 0.25) is 0 Å². The molecule has 1 aromatic heterocycles. The topological polar surface area (TPSA) is 104 Å². The molecule has 0 bridgehead atoms. The summed E-state index contributed by atoms with van der Waals surface area (Å²) in [6.45, 7) is 11.2. The van der Waals surface area contributed by atoms with E-state index in [1.165, 1.54) is 10.6 Å². The van der Waals surface area contributed by atoms with E-state index in [2.05, 4.69) is 27.2 Å². The normalized spacial score (nSPS) is 21.3. The van der Waals surface area contributed by atoms with Crippen LogP contribution in [0.15, 0.2) is 21.8 Å². The van der Waals surface area contributed by atoms with Crippen molar-refractivity contribution >= 4 is 16.0 Å². The number of nitrogens with one attached hydrogen (secondary N) is 1. The molecular weight excluding hydrogens is 396 g/mol. The standard InChI is InChI=1S/C18H32N6O4S/c1-3-19-18(20-14-16(2)22-9-12-27-13-10-22)23-5-7-24(8-6-23)29(25,26)15-17-4-11-28-21-17/h4,11,16H,3,5-10,12-15H2,1-2H3,(H,19,20). The molecule has 0 aliphatic carbocycles. The molecule has 1 aromatic rings. The summed E-state index contributed by atoms with van der Waals surface area (Å²) in [7, 11) is -3.40. The molecule has 29 heavy (non-hydrogen) atoms. The first-order valence-electron chi connectivity index (χ1n) is 10.2. The predicted octanol–water partition coefficient (Wildman–Crippen LogP) is -0.192. The molecule has 1 N–H and O–H groups in total. The van der Waals surface area contributed by atoms with E-state index < -0.39 is 10.0 Å². The highest BCUT2D eigenvalue weighted by Crippen LogP contribution is 2.13. The highest BCUT2D eigenvalue weighted by atomic mass is 32.2. The van der Waals surface area contributed by atoms with Crippen molar-refractivity contribution < 1.29 is 17.7 Å². The van der Waals surface area contributed by atoms with Gasteiger partial charge in [-0.2, -0.15) is 4.31 Å². The van der Waals surface area contributed by atoms with Crippen molar-refractivity contribution in [3.63, 3.8) is 0 Å². The smallest absolute Gasteiger partial charge is 0.220 e. The molecule has 2 saturated heterocycles. The molecule has 164 valence electrons. The zero-order chi connectivity index (χ0) is 20.7. The second-order valence-electron chi connectivity index (χ2n) is 7.33.